The molecule has 1 fully saturated rings. The third-order valence-electron chi connectivity index (χ3n) is 3.55. The fourth-order valence-corrected chi connectivity index (χ4v) is 2.68. The molecule has 0 bridgehead atoms. The second kappa shape index (κ2) is 5.88. The van der Waals surface area contributed by atoms with Crippen molar-refractivity contribution in [3.8, 4) is 0 Å². The second-order valence-corrected chi connectivity index (χ2v) is 5.47. The van der Waals surface area contributed by atoms with Crippen LogP contribution in [-0.4, -0.2) is 23.2 Å². The van der Waals surface area contributed by atoms with E-state index in [2.05, 4.69) is 5.32 Å². The zero-order chi connectivity index (χ0) is 13.9. The van der Waals surface area contributed by atoms with Crippen LogP contribution < -0.4 is 5.32 Å². The highest BCUT2D eigenvalue weighted by molar-refractivity contribution is 6.33. The molecule has 0 unspecified atom stereocenters. The first-order chi connectivity index (χ1) is 9.02. The van der Waals surface area contributed by atoms with Gasteiger partial charge in [0, 0.05) is 6.54 Å². The molecular formula is C14H17ClFNO2. The van der Waals surface area contributed by atoms with E-state index in [1.807, 2.05) is 0 Å². The standard InChI is InChI=1S/C14H17ClFNO2/c15-10-5-4-6-11(16)12(10)13(18)17-9-14(19)7-2-1-3-8-14/h4-6,19H,1-3,7-9H2,(H,17,18). The maximum absolute atomic E-state index is 13.6. The molecule has 1 aromatic rings. The maximum Gasteiger partial charge on any atom is 0.255 e. The van der Waals surface area contributed by atoms with E-state index in [-0.39, 0.29) is 17.1 Å². The molecule has 1 amide bonds. The summed E-state index contributed by atoms with van der Waals surface area (Å²) >= 11 is 5.82. The number of amides is 1. The number of rotatable bonds is 3. The summed E-state index contributed by atoms with van der Waals surface area (Å²) in [6.45, 7) is 0.135. The second-order valence-electron chi connectivity index (χ2n) is 5.06. The highest BCUT2D eigenvalue weighted by Crippen LogP contribution is 2.27. The number of nitrogens with one attached hydrogen (secondary N) is 1. The van der Waals surface area contributed by atoms with Gasteiger partial charge in [0.25, 0.3) is 5.91 Å². The number of hydrogen-bond acceptors (Lipinski definition) is 2. The van der Waals surface area contributed by atoms with E-state index in [4.69, 9.17) is 11.6 Å². The molecule has 0 heterocycles. The first-order valence-corrected chi connectivity index (χ1v) is 6.84. The number of carbonyl (C=O) groups is 1. The Morgan fingerprint density at radius 2 is 2.05 bits per heavy atom. The molecule has 1 aliphatic rings. The van der Waals surface area contributed by atoms with Crippen molar-refractivity contribution in [2.24, 2.45) is 0 Å². The van der Waals surface area contributed by atoms with E-state index < -0.39 is 17.3 Å². The molecule has 1 aromatic carbocycles. The van der Waals surface area contributed by atoms with Crippen molar-refractivity contribution in [1.82, 2.24) is 5.32 Å². The smallest absolute Gasteiger partial charge is 0.255 e. The van der Waals surface area contributed by atoms with E-state index >= 15 is 0 Å². The van der Waals surface area contributed by atoms with Crippen molar-refractivity contribution in [2.75, 3.05) is 6.54 Å². The molecule has 104 valence electrons. The van der Waals surface area contributed by atoms with Crippen LogP contribution in [0.4, 0.5) is 4.39 Å². The van der Waals surface area contributed by atoms with Gasteiger partial charge in [-0.05, 0) is 25.0 Å². The van der Waals surface area contributed by atoms with Gasteiger partial charge < -0.3 is 10.4 Å². The van der Waals surface area contributed by atoms with Crippen LogP contribution in [0.2, 0.25) is 5.02 Å². The van der Waals surface area contributed by atoms with Crippen LogP contribution in [0.1, 0.15) is 42.5 Å². The van der Waals surface area contributed by atoms with Crippen molar-refractivity contribution in [3.05, 3.63) is 34.6 Å². The number of carbonyl (C=O) groups excluding carboxylic acids is 1. The lowest BCUT2D eigenvalue weighted by Gasteiger charge is -2.32. The van der Waals surface area contributed by atoms with Gasteiger partial charge in [-0.2, -0.15) is 0 Å². The minimum Gasteiger partial charge on any atom is -0.388 e. The average molecular weight is 286 g/mol. The normalized spacial score (nSPS) is 18.1. The molecule has 0 aromatic heterocycles. The topological polar surface area (TPSA) is 49.3 Å². The lowest BCUT2D eigenvalue weighted by atomic mass is 9.85. The van der Waals surface area contributed by atoms with Crippen LogP contribution in [0.25, 0.3) is 0 Å². The maximum atomic E-state index is 13.6. The minimum absolute atomic E-state index is 0.0770. The van der Waals surface area contributed by atoms with Crippen molar-refractivity contribution < 1.29 is 14.3 Å². The van der Waals surface area contributed by atoms with E-state index in [0.717, 1.165) is 19.3 Å². The minimum atomic E-state index is -0.869. The first-order valence-electron chi connectivity index (χ1n) is 6.46. The molecule has 0 saturated heterocycles. The van der Waals surface area contributed by atoms with Crippen molar-refractivity contribution >= 4 is 17.5 Å². The number of hydrogen-bond donors (Lipinski definition) is 2. The Hall–Kier alpha value is -1.13. The molecule has 5 heteroatoms. The summed E-state index contributed by atoms with van der Waals surface area (Å²) in [5, 5.41) is 12.9. The molecule has 0 aliphatic heterocycles. The van der Waals surface area contributed by atoms with Crippen molar-refractivity contribution in [3.63, 3.8) is 0 Å². The Kier molecular flexibility index (Phi) is 4.42. The van der Waals surface area contributed by atoms with Crippen LogP contribution in [-0.2, 0) is 0 Å². The Morgan fingerprint density at radius 1 is 1.37 bits per heavy atom. The van der Waals surface area contributed by atoms with Gasteiger partial charge in [-0.1, -0.05) is 36.9 Å². The van der Waals surface area contributed by atoms with Crippen LogP contribution in [0.3, 0.4) is 0 Å². The highest BCUT2D eigenvalue weighted by Gasteiger charge is 2.30. The molecule has 19 heavy (non-hydrogen) atoms. The lowest BCUT2D eigenvalue weighted by molar-refractivity contribution is 0.00521. The van der Waals surface area contributed by atoms with Gasteiger partial charge in [-0.25, -0.2) is 4.39 Å². The average Bonchev–Trinajstić information content (AvgIpc) is 2.37. The molecular weight excluding hydrogens is 269 g/mol. The summed E-state index contributed by atoms with van der Waals surface area (Å²) in [7, 11) is 0. The molecule has 1 aliphatic carbocycles. The Morgan fingerprint density at radius 3 is 2.68 bits per heavy atom. The van der Waals surface area contributed by atoms with E-state index in [1.54, 1.807) is 0 Å². The quantitative estimate of drug-likeness (QED) is 0.897. The van der Waals surface area contributed by atoms with Gasteiger partial charge >= 0.3 is 0 Å². The fraction of sp³-hybridized carbons (Fsp3) is 0.500. The van der Waals surface area contributed by atoms with Crippen molar-refractivity contribution in [2.45, 2.75) is 37.7 Å². The van der Waals surface area contributed by atoms with Crippen molar-refractivity contribution in [1.29, 1.82) is 0 Å². The predicted octanol–water partition coefficient (Wildman–Crippen LogP) is 2.90. The SMILES string of the molecule is O=C(NCC1(O)CCCCC1)c1c(F)cccc1Cl. The third kappa shape index (κ3) is 3.45. The first kappa shape index (κ1) is 14.3. The van der Waals surface area contributed by atoms with Crippen LogP contribution in [0, 0.1) is 5.82 Å². The summed E-state index contributed by atoms with van der Waals surface area (Å²) in [4.78, 5) is 11.9. The Balaban J connectivity index is 2.01. The van der Waals surface area contributed by atoms with E-state index in [0.29, 0.717) is 12.8 Å². The Labute approximate surface area is 116 Å². The molecule has 1 saturated carbocycles. The number of aliphatic hydroxyl groups is 1. The predicted molar refractivity (Wildman–Crippen MR) is 71.8 cm³/mol. The van der Waals surface area contributed by atoms with Crippen LogP contribution in [0.5, 0.6) is 0 Å². The molecule has 2 rings (SSSR count). The van der Waals surface area contributed by atoms with Gasteiger partial charge in [0.1, 0.15) is 5.82 Å². The van der Waals surface area contributed by atoms with Crippen LogP contribution >= 0.6 is 11.6 Å². The molecule has 0 spiro atoms. The largest absolute Gasteiger partial charge is 0.388 e. The van der Waals surface area contributed by atoms with Crippen LogP contribution in [0.15, 0.2) is 18.2 Å². The van der Waals surface area contributed by atoms with Gasteiger partial charge in [-0.15, -0.1) is 0 Å². The number of halogens is 2. The van der Waals surface area contributed by atoms with Gasteiger partial charge in [0.15, 0.2) is 0 Å². The zero-order valence-corrected chi connectivity index (χ0v) is 11.3. The van der Waals surface area contributed by atoms with E-state index in [9.17, 15) is 14.3 Å². The summed E-state index contributed by atoms with van der Waals surface area (Å²) in [5.74, 6) is -1.23. The Bertz CT molecular complexity index is 452. The van der Waals surface area contributed by atoms with Gasteiger partial charge in [0.2, 0.25) is 0 Å². The summed E-state index contributed by atoms with van der Waals surface area (Å²) in [6.07, 6.45) is 4.34. The zero-order valence-electron chi connectivity index (χ0n) is 10.6. The van der Waals surface area contributed by atoms with E-state index in [1.165, 1.54) is 18.2 Å². The number of benzene rings is 1. The summed E-state index contributed by atoms with van der Waals surface area (Å²) < 4.78 is 13.6. The third-order valence-corrected chi connectivity index (χ3v) is 3.87. The lowest BCUT2D eigenvalue weighted by Crippen LogP contribution is -2.44. The van der Waals surface area contributed by atoms with Gasteiger partial charge in [-0.3, -0.25) is 4.79 Å². The summed E-state index contributed by atoms with van der Waals surface area (Å²) in [6, 6.07) is 4.11. The molecule has 0 radical (unpaired) electrons. The van der Waals surface area contributed by atoms with Gasteiger partial charge in [0.05, 0.1) is 16.2 Å². The summed E-state index contributed by atoms with van der Waals surface area (Å²) in [5.41, 5.74) is -1.03. The molecule has 2 N–H and O–H groups in total. The molecule has 0 atom stereocenters. The fourth-order valence-electron chi connectivity index (χ4n) is 2.43. The highest BCUT2D eigenvalue weighted by atomic mass is 35.5. The monoisotopic (exact) mass is 285 g/mol. The molecule has 3 nitrogen and oxygen atoms in total.